The Balaban J connectivity index is 1.59. The van der Waals surface area contributed by atoms with Crippen molar-refractivity contribution in [2.75, 3.05) is 36.0 Å². The Hall–Kier alpha value is -3.72. The first-order valence-electron chi connectivity index (χ1n) is 12.9. The smallest absolute Gasteiger partial charge is 0.403 e. The Bertz CT molecular complexity index is 1180. The van der Waals surface area contributed by atoms with Gasteiger partial charge in [-0.3, -0.25) is 0 Å². The Labute approximate surface area is 227 Å². The van der Waals surface area contributed by atoms with Gasteiger partial charge in [-0.05, 0) is 44.0 Å². The van der Waals surface area contributed by atoms with Gasteiger partial charge in [-0.1, -0.05) is 60.7 Å². The summed E-state index contributed by atoms with van der Waals surface area (Å²) in [6, 6.07) is 24.2. The summed E-state index contributed by atoms with van der Waals surface area (Å²) in [5.74, 6) is -0.577. The zero-order chi connectivity index (χ0) is 28.0. The van der Waals surface area contributed by atoms with E-state index < -0.39 is 11.8 Å². The lowest BCUT2D eigenvalue weighted by Gasteiger charge is -2.36. The molecule has 0 saturated carbocycles. The fourth-order valence-electron chi connectivity index (χ4n) is 4.29. The second-order valence-electron chi connectivity index (χ2n) is 10.6. The summed E-state index contributed by atoms with van der Waals surface area (Å²) in [7, 11) is 0. The minimum absolute atomic E-state index is 0.256. The zero-order valence-corrected chi connectivity index (χ0v) is 22.4. The molecule has 4 rings (SSSR count). The third-order valence-electron chi connectivity index (χ3n) is 6.37. The van der Waals surface area contributed by atoms with Crippen molar-refractivity contribution >= 4 is 17.3 Å². The average Bonchev–Trinajstić information content (AvgIpc) is 2.88. The monoisotopic (exact) mass is 541 g/mol. The van der Waals surface area contributed by atoms with Gasteiger partial charge in [0.2, 0.25) is 0 Å². The summed E-state index contributed by atoms with van der Waals surface area (Å²) >= 11 is 0. The van der Waals surface area contributed by atoms with Crippen molar-refractivity contribution in [1.82, 2.24) is 5.06 Å². The van der Waals surface area contributed by atoms with Gasteiger partial charge in [-0.15, -0.1) is 18.2 Å². The molecule has 0 N–H and O–H groups in total. The lowest BCUT2D eigenvalue weighted by molar-refractivity contribution is -0.274. The molecule has 1 aliphatic rings. The second-order valence-corrected chi connectivity index (χ2v) is 10.6. The number of benzene rings is 3. The normalized spacial score (nSPS) is 14.7. The summed E-state index contributed by atoms with van der Waals surface area (Å²) in [4.78, 5) is 21.6. The molecule has 0 atom stereocenters. The quantitative estimate of drug-likeness (QED) is 0.328. The van der Waals surface area contributed by atoms with Gasteiger partial charge in [0.1, 0.15) is 0 Å². The number of ether oxygens (including phenoxy) is 1. The highest BCUT2D eigenvalue weighted by Crippen LogP contribution is 2.38. The Morgan fingerprint density at radius 3 is 1.85 bits per heavy atom. The van der Waals surface area contributed by atoms with E-state index in [1.807, 2.05) is 76.5 Å². The third-order valence-corrected chi connectivity index (χ3v) is 6.37. The molecule has 3 aromatic carbocycles. The van der Waals surface area contributed by atoms with Crippen LogP contribution in [0.5, 0.6) is 5.75 Å². The molecule has 1 aliphatic heterocycles. The first-order valence-corrected chi connectivity index (χ1v) is 12.9. The van der Waals surface area contributed by atoms with Crippen LogP contribution in [0, 0.1) is 5.41 Å². The Kier molecular flexibility index (Phi) is 8.70. The van der Waals surface area contributed by atoms with Gasteiger partial charge in [-0.2, -0.15) is 0 Å². The third kappa shape index (κ3) is 8.13. The van der Waals surface area contributed by atoms with Crippen molar-refractivity contribution in [3.8, 4) is 5.75 Å². The van der Waals surface area contributed by atoms with Crippen LogP contribution in [0.15, 0.2) is 78.9 Å². The van der Waals surface area contributed by atoms with E-state index in [4.69, 9.17) is 4.84 Å². The van der Waals surface area contributed by atoms with E-state index in [1.165, 1.54) is 6.07 Å². The molecular formula is C30H34F3N3O3. The molecule has 208 valence electrons. The highest BCUT2D eigenvalue weighted by atomic mass is 19.4. The molecule has 0 amide bonds. The van der Waals surface area contributed by atoms with E-state index in [-0.39, 0.29) is 11.7 Å². The minimum Gasteiger partial charge on any atom is -0.403 e. The molecule has 0 spiro atoms. The first kappa shape index (κ1) is 28.3. The van der Waals surface area contributed by atoms with Gasteiger partial charge in [-0.25, -0.2) is 4.79 Å². The van der Waals surface area contributed by atoms with Crippen LogP contribution in [-0.4, -0.2) is 43.6 Å². The molecule has 0 aliphatic carbocycles. The molecule has 39 heavy (non-hydrogen) atoms. The van der Waals surface area contributed by atoms with E-state index in [2.05, 4.69) is 4.74 Å². The predicted molar refractivity (Wildman–Crippen MR) is 145 cm³/mol. The van der Waals surface area contributed by atoms with E-state index in [1.54, 1.807) is 31.9 Å². The number of hydrogen-bond donors (Lipinski definition) is 0. The van der Waals surface area contributed by atoms with Crippen molar-refractivity contribution in [3.05, 3.63) is 90.0 Å². The molecule has 1 heterocycles. The minimum atomic E-state index is -4.85. The van der Waals surface area contributed by atoms with Crippen LogP contribution in [0.2, 0.25) is 0 Å². The topological polar surface area (TPSA) is 45.2 Å². The summed E-state index contributed by atoms with van der Waals surface area (Å²) in [5.41, 5.74) is 2.27. The van der Waals surface area contributed by atoms with Crippen LogP contribution in [0.3, 0.4) is 0 Å². The Morgan fingerprint density at radius 2 is 1.36 bits per heavy atom. The van der Waals surface area contributed by atoms with Crippen molar-refractivity contribution < 1.29 is 27.5 Å². The number of anilines is 2. The number of rotatable bonds is 8. The molecule has 0 unspecified atom stereocenters. The second kappa shape index (κ2) is 12.0. The Morgan fingerprint density at radius 1 is 0.821 bits per heavy atom. The number of hydrogen-bond acceptors (Lipinski definition) is 6. The van der Waals surface area contributed by atoms with Gasteiger partial charge < -0.3 is 19.4 Å². The lowest BCUT2D eigenvalue weighted by Crippen LogP contribution is -2.48. The molecule has 0 aromatic heterocycles. The van der Waals surface area contributed by atoms with Crippen LogP contribution >= 0.6 is 0 Å². The number of nitrogens with zero attached hydrogens (tertiary/aromatic N) is 3. The van der Waals surface area contributed by atoms with E-state index in [0.717, 1.165) is 11.1 Å². The average molecular weight is 542 g/mol. The summed E-state index contributed by atoms with van der Waals surface area (Å²) in [6.07, 6.45) is -4.85. The first-order chi connectivity index (χ1) is 18.5. The zero-order valence-electron chi connectivity index (χ0n) is 22.4. The molecule has 1 fully saturated rings. The molecule has 9 heteroatoms. The van der Waals surface area contributed by atoms with Crippen LogP contribution in [0.25, 0.3) is 0 Å². The van der Waals surface area contributed by atoms with Crippen LogP contribution in [0.1, 0.15) is 31.9 Å². The molecule has 6 nitrogen and oxygen atoms in total. The van der Waals surface area contributed by atoms with Crippen molar-refractivity contribution in [3.63, 3.8) is 0 Å². The van der Waals surface area contributed by atoms with Gasteiger partial charge >= 0.3 is 12.3 Å². The molecule has 3 aromatic rings. The van der Waals surface area contributed by atoms with E-state index >= 15 is 0 Å². The SMILES string of the molecule is CC(C)(C)C(=O)ON1CCN(c2ccc(N(Cc3ccccc3)Cc3ccccc3)c(OC(F)(F)F)c2)CC1. The fraction of sp³-hybridized carbons (Fsp3) is 0.367. The molecule has 0 radical (unpaired) electrons. The summed E-state index contributed by atoms with van der Waals surface area (Å²) in [6.45, 7) is 8.01. The predicted octanol–water partition coefficient (Wildman–Crippen LogP) is 6.42. The highest BCUT2D eigenvalue weighted by Gasteiger charge is 2.34. The van der Waals surface area contributed by atoms with E-state index in [9.17, 15) is 18.0 Å². The number of alkyl halides is 3. The van der Waals surface area contributed by atoms with Crippen LogP contribution in [-0.2, 0) is 22.7 Å². The number of carbonyl (C=O) groups excluding carboxylic acids is 1. The highest BCUT2D eigenvalue weighted by molar-refractivity contribution is 5.75. The standard InChI is InChI=1S/C30H34F3N3O3/c1-29(2,3)28(37)39-36-18-16-34(17-19-36)25-14-15-26(27(20-25)38-30(31,32)33)35(21-23-10-6-4-7-11-23)22-24-12-8-5-9-13-24/h4-15,20H,16-19,21-22H2,1-3H3. The van der Waals surface area contributed by atoms with Gasteiger partial charge in [0.05, 0.1) is 24.2 Å². The molecule has 0 bridgehead atoms. The van der Waals surface area contributed by atoms with Crippen LogP contribution in [0.4, 0.5) is 24.5 Å². The van der Waals surface area contributed by atoms with Crippen molar-refractivity contribution in [2.45, 2.75) is 40.2 Å². The van der Waals surface area contributed by atoms with E-state index in [0.29, 0.717) is 50.6 Å². The van der Waals surface area contributed by atoms with Gasteiger partial charge in [0.25, 0.3) is 0 Å². The van der Waals surface area contributed by atoms with Gasteiger partial charge in [0, 0.05) is 37.9 Å². The molecule has 1 saturated heterocycles. The van der Waals surface area contributed by atoms with Gasteiger partial charge in [0.15, 0.2) is 5.75 Å². The summed E-state index contributed by atoms with van der Waals surface area (Å²) in [5, 5.41) is 1.60. The maximum absolute atomic E-state index is 13.6. The largest absolute Gasteiger partial charge is 0.573 e. The summed E-state index contributed by atoms with van der Waals surface area (Å²) < 4.78 is 45.3. The molecular weight excluding hydrogens is 507 g/mol. The van der Waals surface area contributed by atoms with Crippen molar-refractivity contribution in [1.29, 1.82) is 0 Å². The number of piperazine rings is 1. The van der Waals surface area contributed by atoms with Crippen LogP contribution < -0.4 is 14.5 Å². The van der Waals surface area contributed by atoms with Crippen molar-refractivity contribution in [2.24, 2.45) is 5.41 Å². The number of carbonyl (C=O) groups is 1. The lowest BCUT2D eigenvalue weighted by atomic mass is 9.98. The fourth-order valence-corrected chi connectivity index (χ4v) is 4.29. The number of halogens is 3. The maximum Gasteiger partial charge on any atom is 0.573 e. The maximum atomic E-state index is 13.6. The number of hydroxylamine groups is 2.